The van der Waals surface area contributed by atoms with Gasteiger partial charge in [0.1, 0.15) is 5.82 Å². The molecule has 0 unspecified atom stereocenters. The summed E-state index contributed by atoms with van der Waals surface area (Å²) in [4.78, 5) is 2.25. The second-order valence-corrected chi connectivity index (χ2v) is 7.15. The lowest BCUT2D eigenvalue weighted by atomic mass is 9.97. The Bertz CT molecular complexity index is 744. The Labute approximate surface area is 159 Å². The van der Waals surface area contributed by atoms with E-state index in [0.717, 1.165) is 38.1 Å². The van der Waals surface area contributed by atoms with Crippen LogP contribution in [0, 0.1) is 23.1 Å². The summed E-state index contributed by atoms with van der Waals surface area (Å²) in [5, 5.41) is 9.30. The lowest BCUT2D eigenvalue weighted by Gasteiger charge is -2.32. The molecule has 0 amide bonds. The van der Waals surface area contributed by atoms with Crippen LogP contribution in [0.2, 0.25) is 5.02 Å². The van der Waals surface area contributed by atoms with Gasteiger partial charge in [-0.15, -0.1) is 0 Å². The monoisotopic (exact) mass is 372 g/mol. The van der Waals surface area contributed by atoms with Gasteiger partial charge in [-0.25, -0.2) is 4.39 Å². The van der Waals surface area contributed by atoms with Crippen LogP contribution in [0.25, 0.3) is 0 Å². The van der Waals surface area contributed by atoms with Gasteiger partial charge in [0.2, 0.25) is 0 Å². The zero-order valence-electron chi connectivity index (χ0n) is 14.6. The summed E-state index contributed by atoms with van der Waals surface area (Å²) in [6, 6.07) is 14.4. The topological polar surface area (TPSA) is 36.3 Å². The summed E-state index contributed by atoms with van der Waals surface area (Å²) < 4.78 is 19.8. The summed E-state index contributed by atoms with van der Waals surface area (Å²) >= 11 is 6.12. The third-order valence-corrected chi connectivity index (χ3v) is 5.21. The van der Waals surface area contributed by atoms with Crippen molar-refractivity contribution in [1.29, 1.82) is 5.26 Å². The third kappa shape index (κ3) is 5.04. The van der Waals surface area contributed by atoms with E-state index in [0.29, 0.717) is 35.2 Å². The van der Waals surface area contributed by atoms with E-state index in [1.54, 1.807) is 12.1 Å². The fraction of sp³-hybridized carbons (Fsp3) is 0.381. The molecule has 0 radical (unpaired) electrons. The van der Waals surface area contributed by atoms with Crippen LogP contribution in [0.4, 0.5) is 4.39 Å². The molecule has 0 bridgehead atoms. The summed E-state index contributed by atoms with van der Waals surface area (Å²) in [6.07, 6.45) is 2.08. The minimum atomic E-state index is -0.231. The first-order valence-electron chi connectivity index (χ1n) is 8.87. The maximum Gasteiger partial charge on any atom is 0.129 e. The van der Waals surface area contributed by atoms with Gasteiger partial charge in [0.05, 0.1) is 18.2 Å². The molecule has 1 fully saturated rings. The number of hydrogen-bond acceptors (Lipinski definition) is 3. The third-order valence-electron chi connectivity index (χ3n) is 4.86. The van der Waals surface area contributed by atoms with E-state index in [1.165, 1.54) is 6.07 Å². The Balaban J connectivity index is 1.40. The van der Waals surface area contributed by atoms with Crippen LogP contribution >= 0.6 is 11.6 Å². The first-order valence-corrected chi connectivity index (χ1v) is 9.25. The van der Waals surface area contributed by atoms with E-state index in [4.69, 9.17) is 21.6 Å². The molecule has 26 heavy (non-hydrogen) atoms. The summed E-state index contributed by atoms with van der Waals surface area (Å²) in [6.45, 7) is 3.71. The first-order chi connectivity index (χ1) is 12.7. The van der Waals surface area contributed by atoms with Gasteiger partial charge in [0, 0.05) is 23.7 Å². The van der Waals surface area contributed by atoms with E-state index in [9.17, 15) is 4.39 Å². The predicted molar refractivity (Wildman–Crippen MR) is 100 cm³/mol. The second-order valence-electron chi connectivity index (χ2n) is 6.74. The Hall–Kier alpha value is -1.93. The molecule has 0 saturated carbocycles. The van der Waals surface area contributed by atoms with Crippen molar-refractivity contribution < 1.29 is 9.13 Å². The van der Waals surface area contributed by atoms with Gasteiger partial charge in [-0.2, -0.15) is 5.26 Å². The van der Waals surface area contributed by atoms with E-state index < -0.39 is 0 Å². The van der Waals surface area contributed by atoms with Crippen molar-refractivity contribution in [2.24, 2.45) is 5.92 Å². The van der Waals surface area contributed by atoms with Gasteiger partial charge >= 0.3 is 0 Å². The molecule has 1 aliphatic rings. The van der Waals surface area contributed by atoms with Crippen molar-refractivity contribution in [3.8, 4) is 6.07 Å². The number of rotatable bonds is 6. The molecule has 1 aliphatic heterocycles. The van der Waals surface area contributed by atoms with Crippen molar-refractivity contribution in [3.05, 3.63) is 70.0 Å². The smallest absolute Gasteiger partial charge is 0.129 e. The molecule has 3 rings (SSSR count). The molecule has 0 aromatic heterocycles. The molecule has 1 saturated heterocycles. The molecule has 3 nitrogen and oxygen atoms in total. The average molecular weight is 373 g/mol. The van der Waals surface area contributed by atoms with Crippen molar-refractivity contribution in [1.82, 2.24) is 4.90 Å². The van der Waals surface area contributed by atoms with Crippen molar-refractivity contribution >= 4 is 11.6 Å². The number of hydrogen-bond donors (Lipinski definition) is 0. The van der Waals surface area contributed by atoms with Crippen LogP contribution in [-0.2, 0) is 17.9 Å². The summed E-state index contributed by atoms with van der Waals surface area (Å²) in [5.41, 5.74) is 2.33. The van der Waals surface area contributed by atoms with E-state index in [2.05, 4.69) is 11.0 Å². The Kier molecular flexibility index (Phi) is 6.62. The molecule has 0 N–H and O–H groups in total. The highest BCUT2D eigenvalue weighted by atomic mass is 35.5. The number of likely N-dealkylation sites (tertiary alicyclic amines) is 1. The minimum absolute atomic E-state index is 0.231. The zero-order chi connectivity index (χ0) is 18.4. The molecular formula is C21H22ClFN2O. The summed E-state index contributed by atoms with van der Waals surface area (Å²) in [5.74, 6) is 0.297. The summed E-state index contributed by atoms with van der Waals surface area (Å²) in [7, 11) is 0. The highest BCUT2D eigenvalue weighted by Gasteiger charge is 2.21. The SMILES string of the molecule is N#Cc1ccc(COCC2CCN(Cc3c(F)cccc3Cl)CC2)cc1. The lowest BCUT2D eigenvalue weighted by molar-refractivity contribution is 0.0560. The quantitative estimate of drug-likeness (QED) is 0.732. The highest BCUT2D eigenvalue weighted by Crippen LogP contribution is 2.24. The van der Waals surface area contributed by atoms with Gasteiger partial charge < -0.3 is 4.74 Å². The van der Waals surface area contributed by atoms with Crippen LogP contribution in [0.5, 0.6) is 0 Å². The van der Waals surface area contributed by atoms with Crippen molar-refractivity contribution in [3.63, 3.8) is 0 Å². The van der Waals surface area contributed by atoms with Crippen molar-refractivity contribution in [2.75, 3.05) is 19.7 Å². The molecule has 2 aromatic rings. The number of piperidine rings is 1. The first kappa shape index (κ1) is 18.8. The fourth-order valence-corrected chi connectivity index (χ4v) is 3.46. The van der Waals surface area contributed by atoms with Crippen LogP contribution < -0.4 is 0 Å². The van der Waals surface area contributed by atoms with E-state index >= 15 is 0 Å². The highest BCUT2D eigenvalue weighted by molar-refractivity contribution is 6.31. The van der Waals surface area contributed by atoms with Crippen LogP contribution in [-0.4, -0.2) is 24.6 Å². The normalized spacial score (nSPS) is 15.7. The maximum absolute atomic E-state index is 13.9. The van der Waals surface area contributed by atoms with E-state index in [1.807, 2.05) is 24.3 Å². The molecule has 2 aromatic carbocycles. The van der Waals surface area contributed by atoms with Crippen LogP contribution in [0.3, 0.4) is 0 Å². The van der Waals surface area contributed by atoms with Crippen LogP contribution in [0.15, 0.2) is 42.5 Å². The maximum atomic E-state index is 13.9. The second kappa shape index (κ2) is 9.14. The number of ether oxygens (including phenoxy) is 1. The molecule has 5 heteroatoms. The molecule has 136 valence electrons. The standard InChI is InChI=1S/C21H22ClFN2O/c22-20-2-1-3-21(23)19(20)13-25-10-8-18(9-11-25)15-26-14-17-6-4-16(12-24)5-7-17/h1-7,18H,8-11,13-15H2. The Morgan fingerprint density at radius 3 is 2.54 bits per heavy atom. The Morgan fingerprint density at radius 2 is 1.88 bits per heavy atom. The predicted octanol–water partition coefficient (Wildman–Crippen LogP) is 4.78. The van der Waals surface area contributed by atoms with Crippen molar-refractivity contribution in [2.45, 2.75) is 26.0 Å². The fourth-order valence-electron chi connectivity index (χ4n) is 3.24. The van der Waals surface area contributed by atoms with Gasteiger partial charge in [0.15, 0.2) is 0 Å². The van der Waals surface area contributed by atoms with Gasteiger partial charge in [0.25, 0.3) is 0 Å². The number of nitriles is 1. The number of halogens is 2. The molecule has 0 spiro atoms. The largest absolute Gasteiger partial charge is 0.376 e. The molecule has 1 heterocycles. The van der Waals surface area contributed by atoms with Gasteiger partial charge in [-0.05, 0) is 61.7 Å². The van der Waals surface area contributed by atoms with Crippen LogP contribution in [0.1, 0.15) is 29.5 Å². The molecular weight excluding hydrogens is 351 g/mol. The minimum Gasteiger partial charge on any atom is -0.376 e. The Morgan fingerprint density at radius 1 is 1.15 bits per heavy atom. The number of benzene rings is 2. The van der Waals surface area contributed by atoms with E-state index in [-0.39, 0.29) is 5.82 Å². The average Bonchev–Trinajstić information content (AvgIpc) is 2.67. The van der Waals surface area contributed by atoms with Gasteiger partial charge in [-0.3, -0.25) is 4.90 Å². The molecule has 0 atom stereocenters. The lowest BCUT2D eigenvalue weighted by Crippen LogP contribution is -2.35. The zero-order valence-corrected chi connectivity index (χ0v) is 15.4. The number of nitrogens with zero attached hydrogens (tertiary/aromatic N) is 2. The van der Waals surface area contributed by atoms with Gasteiger partial charge in [-0.1, -0.05) is 29.8 Å². The molecule has 0 aliphatic carbocycles.